The fraction of sp³-hybridized carbons (Fsp3) is 0.458. The summed E-state index contributed by atoms with van der Waals surface area (Å²) >= 11 is 0. The number of benzene rings is 1. The van der Waals surface area contributed by atoms with Crippen molar-refractivity contribution in [3.05, 3.63) is 29.8 Å². The van der Waals surface area contributed by atoms with E-state index in [-0.39, 0.29) is 44.6 Å². The van der Waals surface area contributed by atoms with Crippen molar-refractivity contribution in [2.24, 2.45) is 5.73 Å². The number of carbonyl (C=O) groups excluding carboxylic acids is 5. The summed E-state index contributed by atoms with van der Waals surface area (Å²) in [7, 11) is 0. The van der Waals surface area contributed by atoms with Crippen LogP contribution in [-0.4, -0.2) is 66.7 Å². The summed E-state index contributed by atoms with van der Waals surface area (Å²) in [6.07, 6.45) is 4.57. The minimum atomic E-state index is -1.22. The van der Waals surface area contributed by atoms with E-state index in [0.717, 1.165) is 0 Å². The Kier molecular flexibility index (Phi) is 13.2. The molecule has 0 saturated carbocycles. The lowest BCUT2D eigenvalue weighted by Gasteiger charge is -2.20. The largest absolute Gasteiger partial charge is 0.465 e. The lowest BCUT2D eigenvalue weighted by Crippen LogP contribution is -2.48. The number of ether oxygens (including phenoxy) is 2. The molecule has 12 nitrogen and oxygen atoms in total. The lowest BCUT2D eigenvalue weighted by atomic mass is 10.1. The van der Waals surface area contributed by atoms with Crippen molar-refractivity contribution in [2.45, 2.75) is 51.6 Å². The smallest absolute Gasteiger partial charge is 0.325 e. The minimum absolute atomic E-state index is 0.0311. The number of rotatable bonds is 14. The van der Waals surface area contributed by atoms with Crippen molar-refractivity contribution in [2.75, 3.05) is 24.8 Å². The summed E-state index contributed by atoms with van der Waals surface area (Å²) in [4.78, 5) is 60.7. The molecule has 0 heterocycles. The SMILES string of the molecule is C#Cc1cccc(N(O)C(=O)CC[C@@H](NC(=O)CC[C@H](N)C(=O)OCC)C(=O)NCC(=O)OCC)c1. The Morgan fingerprint density at radius 3 is 2.44 bits per heavy atom. The third kappa shape index (κ3) is 10.5. The van der Waals surface area contributed by atoms with Crippen LogP contribution in [0.1, 0.15) is 45.1 Å². The number of nitrogens with zero attached hydrogens (tertiary/aromatic N) is 1. The fourth-order valence-electron chi connectivity index (χ4n) is 2.93. The van der Waals surface area contributed by atoms with E-state index in [0.29, 0.717) is 10.6 Å². The van der Waals surface area contributed by atoms with Gasteiger partial charge in [-0.25, -0.2) is 0 Å². The third-order valence-corrected chi connectivity index (χ3v) is 4.78. The van der Waals surface area contributed by atoms with Crippen molar-refractivity contribution < 1.29 is 38.7 Å². The average molecular weight is 505 g/mol. The van der Waals surface area contributed by atoms with Gasteiger partial charge in [0.2, 0.25) is 11.8 Å². The van der Waals surface area contributed by atoms with Crippen LogP contribution in [0.3, 0.4) is 0 Å². The predicted molar refractivity (Wildman–Crippen MR) is 128 cm³/mol. The van der Waals surface area contributed by atoms with Crippen molar-refractivity contribution in [1.82, 2.24) is 10.6 Å². The molecule has 2 atom stereocenters. The number of nitrogens with one attached hydrogen (secondary N) is 2. The van der Waals surface area contributed by atoms with Crippen LogP contribution in [0.25, 0.3) is 0 Å². The molecule has 0 radical (unpaired) electrons. The number of nitrogens with two attached hydrogens (primary N) is 1. The van der Waals surface area contributed by atoms with Gasteiger partial charge >= 0.3 is 11.9 Å². The molecule has 0 unspecified atom stereocenters. The Bertz CT molecular complexity index is 975. The van der Waals surface area contributed by atoms with E-state index in [1.54, 1.807) is 26.0 Å². The molecule has 0 aliphatic carbocycles. The van der Waals surface area contributed by atoms with E-state index in [1.165, 1.54) is 12.1 Å². The van der Waals surface area contributed by atoms with E-state index < -0.39 is 48.3 Å². The highest BCUT2D eigenvalue weighted by Crippen LogP contribution is 2.16. The molecule has 1 aromatic rings. The average Bonchev–Trinajstić information content (AvgIpc) is 2.87. The Labute approximate surface area is 209 Å². The molecule has 0 spiro atoms. The van der Waals surface area contributed by atoms with Gasteiger partial charge in [-0.3, -0.25) is 29.2 Å². The highest BCUT2D eigenvalue weighted by molar-refractivity contribution is 5.93. The molecule has 0 saturated heterocycles. The van der Waals surface area contributed by atoms with Gasteiger partial charge in [0, 0.05) is 18.4 Å². The van der Waals surface area contributed by atoms with E-state index in [4.69, 9.17) is 21.6 Å². The summed E-state index contributed by atoms with van der Waals surface area (Å²) < 4.78 is 9.54. The molecule has 1 rings (SSSR count). The standard InChI is InChI=1S/C24H32N4O8/c1-4-16-8-7-9-17(14-16)28(34)21(30)13-11-19(23(32)26-15-22(31)35-5-2)27-20(29)12-10-18(25)24(33)36-6-3/h1,7-9,14,18-19,34H,5-6,10-13,15,25H2,2-3H3,(H,26,32)(H,27,29)/t18-,19+/m0/s1. The predicted octanol–water partition coefficient (Wildman–Crippen LogP) is 0.00500. The van der Waals surface area contributed by atoms with Gasteiger partial charge in [-0.2, -0.15) is 5.06 Å². The zero-order valence-corrected chi connectivity index (χ0v) is 20.3. The quantitative estimate of drug-likeness (QED) is 0.118. The number of amides is 3. The van der Waals surface area contributed by atoms with Crippen molar-refractivity contribution in [3.8, 4) is 12.3 Å². The highest BCUT2D eigenvalue weighted by atomic mass is 16.5. The molecule has 1 aromatic carbocycles. The maximum Gasteiger partial charge on any atom is 0.325 e. The van der Waals surface area contributed by atoms with Crippen LogP contribution in [-0.2, 0) is 33.4 Å². The monoisotopic (exact) mass is 504 g/mol. The minimum Gasteiger partial charge on any atom is -0.465 e. The van der Waals surface area contributed by atoms with E-state index in [2.05, 4.69) is 16.6 Å². The second-order valence-electron chi connectivity index (χ2n) is 7.48. The maximum absolute atomic E-state index is 12.6. The second kappa shape index (κ2) is 15.9. The Morgan fingerprint density at radius 1 is 1.11 bits per heavy atom. The van der Waals surface area contributed by atoms with Crippen LogP contribution in [0.4, 0.5) is 5.69 Å². The van der Waals surface area contributed by atoms with Gasteiger partial charge in [-0.15, -0.1) is 6.42 Å². The number of esters is 2. The molecule has 196 valence electrons. The first-order valence-electron chi connectivity index (χ1n) is 11.4. The van der Waals surface area contributed by atoms with Crippen LogP contribution in [0.15, 0.2) is 24.3 Å². The molecule has 12 heteroatoms. The summed E-state index contributed by atoms with van der Waals surface area (Å²) in [5, 5.41) is 15.4. The molecular formula is C24H32N4O8. The summed E-state index contributed by atoms with van der Waals surface area (Å²) in [5.41, 5.74) is 6.27. The fourth-order valence-corrected chi connectivity index (χ4v) is 2.93. The summed E-state index contributed by atoms with van der Waals surface area (Å²) in [5.74, 6) is -1.05. The molecule has 0 bridgehead atoms. The number of hydroxylamine groups is 1. The first-order valence-corrected chi connectivity index (χ1v) is 11.4. The van der Waals surface area contributed by atoms with Crippen LogP contribution in [0, 0.1) is 12.3 Å². The normalized spacial score (nSPS) is 11.9. The summed E-state index contributed by atoms with van der Waals surface area (Å²) in [6, 6.07) is 3.84. The van der Waals surface area contributed by atoms with Crippen molar-refractivity contribution >= 4 is 35.3 Å². The molecule has 5 N–H and O–H groups in total. The molecule has 0 fully saturated rings. The number of anilines is 1. The molecule has 0 aliphatic heterocycles. The van der Waals surface area contributed by atoms with Gasteiger partial charge in [0.15, 0.2) is 0 Å². The number of hydrogen-bond donors (Lipinski definition) is 4. The van der Waals surface area contributed by atoms with Crippen LogP contribution in [0.2, 0.25) is 0 Å². The first-order chi connectivity index (χ1) is 17.1. The Hall–Kier alpha value is -3.95. The second-order valence-corrected chi connectivity index (χ2v) is 7.48. The molecule has 0 aromatic heterocycles. The molecule has 0 aliphatic rings. The van der Waals surface area contributed by atoms with E-state index >= 15 is 0 Å². The number of terminal acetylenes is 1. The van der Waals surface area contributed by atoms with E-state index in [9.17, 15) is 29.2 Å². The topological polar surface area (TPSA) is 177 Å². The van der Waals surface area contributed by atoms with Gasteiger partial charge in [0.25, 0.3) is 5.91 Å². The maximum atomic E-state index is 12.6. The first kappa shape index (κ1) is 30.1. The van der Waals surface area contributed by atoms with Gasteiger partial charge in [-0.05, 0) is 44.9 Å². The zero-order chi connectivity index (χ0) is 27.1. The zero-order valence-electron chi connectivity index (χ0n) is 20.3. The molecule has 3 amide bonds. The van der Waals surface area contributed by atoms with E-state index in [1.807, 2.05) is 0 Å². The Morgan fingerprint density at radius 2 is 1.81 bits per heavy atom. The van der Waals surface area contributed by atoms with Gasteiger partial charge in [0.05, 0.1) is 18.9 Å². The van der Waals surface area contributed by atoms with Gasteiger partial charge < -0.3 is 25.8 Å². The molecular weight excluding hydrogens is 472 g/mol. The summed E-state index contributed by atoms with van der Waals surface area (Å²) in [6.45, 7) is 3.06. The highest BCUT2D eigenvalue weighted by Gasteiger charge is 2.25. The van der Waals surface area contributed by atoms with Crippen LogP contribution < -0.4 is 21.4 Å². The van der Waals surface area contributed by atoms with Gasteiger partial charge in [0.1, 0.15) is 18.6 Å². The van der Waals surface area contributed by atoms with Gasteiger partial charge in [-0.1, -0.05) is 12.0 Å². The van der Waals surface area contributed by atoms with Crippen molar-refractivity contribution in [3.63, 3.8) is 0 Å². The number of hydrogen-bond acceptors (Lipinski definition) is 9. The van der Waals surface area contributed by atoms with Crippen LogP contribution in [0.5, 0.6) is 0 Å². The number of carbonyl (C=O) groups is 5. The van der Waals surface area contributed by atoms with Crippen LogP contribution >= 0.6 is 0 Å². The lowest BCUT2D eigenvalue weighted by molar-refractivity contribution is -0.145. The molecule has 36 heavy (non-hydrogen) atoms. The Balaban J connectivity index is 2.81. The third-order valence-electron chi connectivity index (χ3n) is 4.78. The van der Waals surface area contributed by atoms with Crippen molar-refractivity contribution in [1.29, 1.82) is 0 Å².